The fraction of sp³-hybridized carbons (Fsp3) is 0.778. The lowest BCUT2D eigenvalue weighted by Crippen LogP contribution is -2.55. The van der Waals surface area contributed by atoms with Crippen molar-refractivity contribution in [3.63, 3.8) is 0 Å². The molecule has 10 heteroatoms. The van der Waals surface area contributed by atoms with Crippen molar-refractivity contribution in [1.29, 1.82) is 0 Å². The Balaban J connectivity index is 1.27. The molecule has 6 atom stereocenters. The molecule has 1 saturated carbocycles. The summed E-state index contributed by atoms with van der Waals surface area (Å²) in [7, 11) is 1.71. The summed E-state index contributed by atoms with van der Waals surface area (Å²) < 4.78 is 51.3. The molecule has 0 unspecified atom stereocenters. The third-order valence-corrected chi connectivity index (χ3v) is 9.20. The van der Waals surface area contributed by atoms with Crippen LogP contribution in [0.1, 0.15) is 57.2 Å². The molecule has 7 nitrogen and oxygen atoms in total. The van der Waals surface area contributed by atoms with Gasteiger partial charge in [-0.25, -0.2) is 4.98 Å². The van der Waals surface area contributed by atoms with Gasteiger partial charge in [0.15, 0.2) is 0 Å². The lowest BCUT2D eigenvalue weighted by Gasteiger charge is -2.42. The maximum atomic E-state index is 14.1. The number of pyridine rings is 1. The lowest BCUT2D eigenvalue weighted by molar-refractivity contribution is -0.146. The molecular formula is C27H39F3N4O3. The summed E-state index contributed by atoms with van der Waals surface area (Å²) in [5.41, 5.74) is -0.746. The molecule has 4 heterocycles. The number of likely N-dealkylation sites (tertiary alicyclic amines) is 1. The molecule has 206 valence electrons. The molecule has 4 fully saturated rings. The highest BCUT2D eigenvalue weighted by Crippen LogP contribution is 2.48. The van der Waals surface area contributed by atoms with Crippen LogP contribution in [0.15, 0.2) is 12.1 Å². The largest absolute Gasteiger partial charge is 0.416 e. The van der Waals surface area contributed by atoms with Gasteiger partial charge in [-0.3, -0.25) is 4.79 Å². The summed E-state index contributed by atoms with van der Waals surface area (Å²) >= 11 is 0. The van der Waals surface area contributed by atoms with Crippen LogP contribution in [0, 0.1) is 18.3 Å². The van der Waals surface area contributed by atoms with Crippen LogP contribution < -0.4 is 10.2 Å². The minimum Gasteiger partial charge on any atom is -0.379 e. The third kappa shape index (κ3) is 4.96. The number of amides is 1. The molecule has 1 aromatic rings. The van der Waals surface area contributed by atoms with Gasteiger partial charge in [-0.15, -0.1) is 0 Å². The van der Waals surface area contributed by atoms with Crippen LogP contribution in [0.5, 0.6) is 0 Å². The fourth-order valence-electron chi connectivity index (χ4n) is 7.07. The zero-order chi connectivity index (χ0) is 26.5. The molecule has 0 spiro atoms. The zero-order valence-electron chi connectivity index (χ0n) is 22.2. The van der Waals surface area contributed by atoms with Gasteiger partial charge in [0.1, 0.15) is 5.82 Å². The SMILES string of the molecule is CO[C@@H]1COCC[C@@H]1N[C@@H]1CC[C@@](C(=O)N2C[C@@H]3C[C@H]2CN3c2cc(C(F)(F)F)cc(C)n2)(C(C)C)C1. The number of nitrogens with one attached hydrogen (secondary N) is 1. The number of alkyl halides is 3. The molecule has 4 aliphatic rings. The molecule has 2 bridgehead atoms. The van der Waals surface area contributed by atoms with E-state index < -0.39 is 17.2 Å². The predicted molar refractivity (Wildman–Crippen MR) is 133 cm³/mol. The van der Waals surface area contributed by atoms with E-state index in [4.69, 9.17) is 9.47 Å². The second kappa shape index (κ2) is 10.0. The number of carbonyl (C=O) groups is 1. The second-order valence-corrected chi connectivity index (χ2v) is 11.7. The Morgan fingerprint density at radius 3 is 2.68 bits per heavy atom. The topological polar surface area (TPSA) is 66.9 Å². The van der Waals surface area contributed by atoms with E-state index in [1.807, 2.05) is 9.80 Å². The van der Waals surface area contributed by atoms with Crippen LogP contribution in [-0.2, 0) is 20.4 Å². The van der Waals surface area contributed by atoms with Crippen molar-refractivity contribution >= 4 is 11.7 Å². The zero-order valence-corrected chi connectivity index (χ0v) is 22.2. The lowest BCUT2D eigenvalue weighted by atomic mass is 9.74. The van der Waals surface area contributed by atoms with Crippen molar-refractivity contribution in [1.82, 2.24) is 15.2 Å². The highest BCUT2D eigenvalue weighted by Gasteiger charge is 2.55. The Bertz CT molecular complexity index is 1010. The molecule has 1 aliphatic carbocycles. The molecule has 37 heavy (non-hydrogen) atoms. The summed E-state index contributed by atoms with van der Waals surface area (Å²) in [6, 6.07) is 2.70. The number of aryl methyl sites for hydroxylation is 1. The van der Waals surface area contributed by atoms with Gasteiger partial charge in [0, 0.05) is 44.6 Å². The number of piperazine rings is 1. The van der Waals surface area contributed by atoms with Gasteiger partial charge in [-0.2, -0.15) is 13.2 Å². The maximum absolute atomic E-state index is 14.1. The van der Waals surface area contributed by atoms with Crippen molar-refractivity contribution in [3.8, 4) is 0 Å². The van der Waals surface area contributed by atoms with E-state index >= 15 is 0 Å². The number of nitrogens with zero attached hydrogens (tertiary/aromatic N) is 3. The van der Waals surface area contributed by atoms with E-state index in [1.165, 1.54) is 0 Å². The van der Waals surface area contributed by atoms with Crippen molar-refractivity contribution < 1.29 is 27.4 Å². The van der Waals surface area contributed by atoms with Crippen molar-refractivity contribution in [2.24, 2.45) is 11.3 Å². The monoisotopic (exact) mass is 524 g/mol. The van der Waals surface area contributed by atoms with Gasteiger partial charge < -0.3 is 24.6 Å². The summed E-state index contributed by atoms with van der Waals surface area (Å²) in [6.45, 7) is 8.24. The van der Waals surface area contributed by atoms with Gasteiger partial charge in [-0.1, -0.05) is 13.8 Å². The summed E-state index contributed by atoms with van der Waals surface area (Å²) in [4.78, 5) is 22.5. The van der Waals surface area contributed by atoms with E-state index in [-0.39, 0.29) is 42.1 Å². The Labute approximate surface area is 217 Å². The minimum absolute atomic E-state index is 0.00477. The smallest absolute Gasteiger partial charge is 0.379 e. The first-order valence-electron chi connectivity index (χ1n) is 13.5. The Kier molecular flexibility index (Phi) is 7.21. The fourth-order valence-corrected chi connectivity index (χ4v) is 7.07. The minimum atomic E-state index is -4.41. The molecule has 1 N–H and O–H groups in total. The molecule has 5 rings (SSSR count). The first kappa shape index (κ1) is 26.7. The third-order valence-electron chi connectivity index (χ3n) is 9.20. The van der Waals surface area contributed by atoms with Gasteiger partial charge in [-0.05, 0) is 57.1 Å². The van der Waals surface area contributed by atoms with Crippen LogP contribution in [0.4, 0.5) is 19.0 Å². The molecule has 1 aromatic heterocycles. The molecule has 1 amide bonds. The first-order chi connectivity index (χ1) is 17.5. The Morgan fingerprint density at radius 1 is 1.24 bits per heavy atom. The van der Waals surface area contributed by atoms with Crippen LogP contribution >= 0.6 is 0 Å². The number of carbonyl (C=O) groups excluding carboxylic acids is 1. The van der Waals surface area contributed by atoms with Crippen LogP contribution in [0.2, 0.25) is 0 Å². The molecule has 3 aliphatic heterocycles. The van der Waals surface area contributed by atoms with Crippen LogP contribution in [0.25, 0.3) is 0 Å². The number of halogens is 3. The van der Waals surface area contributed by atoms with Crippen molar-refractivity contribution in [2.75, 3.05) is 38.3 Å². The predicted octanol–water partition coefficient (Wildman–Crippen LogP) is 3.79. The highest BCUT2D eigenvalue weighted by atomic mass is 19.4. The normalized spacial score (nSPS) is 34.1. The van der Waals surface area contributed by atoms with Gasteiger partial charge in [0.2, 0.25) is 5.91 Å². The number of fused-ring (bicyclic) bond motifs is 2. The number of aromatic nitrogens is 1. The average Bonchev–Trinajstić information content (AvgIpc) is 3.58. The summed E-state index contributed by atoms with van der Waals surface area (Å²) in [5, 5.41) is 3.77. The molecule has 3 saturated heterocycles. The standard InChI is InChI=1S/C27H39F3N4O3/c1-16(2)26(7-5-19(12-26)32-22-6-8-37-15-23(22)36-4)25(35)34-14-20-11-21(34)13-33(20)24-10-18(27(28,29)30)9-17(3)31-24/h9-10,16,19-23,32H,5-8,11-15H2,1-4H3/t19-,20+,21+,22+,23-,26+/m1/s1. The summed E-state index contributed by atoms with van der Waals surface area (Å²) in [5.74, 6) is 0.768. The maximum Gasteiger partial charge on any atom is 0.416 e. The molecule has 0 radical (unpaired) electrons. The van der Waals surface area contributed by atoms with Crippen LogP contribution in [0.3, 0.4) is 0 Å². The van der Waals surface area contributed by atoms with Crippen LogP contribution in [-0.4, -0.2) is 79.5 Å². The van der Waals surface area contributed by atoms with E-state index in [9.17, 15) is 18.0 Å². The van der Waals surface area contributed by atoms with Gasteiger partial charge >= 0.3 is 6.18 Å². The van der Waals surface area contributed by atoms with E-state index in [2.05, 4.69) is 24.1 Å². The quantitative estimate of drug-likeness (QED) is 0.611. The summed E-state index contributed by atoms with van der Waals surface area (Å²) in [6.07, 6.45) is -0.140. The van der Waals surface area contributed by atoms with Crippen molar-refractivity contribution in [2.45, 2.75) is 89.3 Å². The molecular weight excluding hydrogens is 485 g/mol. The number of hydrogen-bond acceptors (Lipinski definition) is 6. The first-order valence-corrected chi connectivity index (χ1v) is 13.5. The number of methoxy groups -OCH3 is 1. The second-order valence-electron chi connectivity index (χ2n) is 11.7. The Morgan fingerprint density at radius 2 is 2.03 bits per heavy atom. The van der Waals surface area contributed by atoms with E-state index in [0.717, 1.165) is 44.2 Å². The number of anilines is 1. The number of ether oxygens (including phenoxy) is 2. The van der Waals surface area contributed by atoms with Gasteiger partial charge in [0.05, 0.1) is 35.8 Å². The number of hydrogen-bond donors (Lipinski definition) is 1. The average molecular weight is 525 g/mol. The van der Waals surface area contributed by atoms with Gasteiger partial charge in [0.25, 0.3) is 0 Å². The Hall–Kier alpha value is -1.91. The van der Waals surface area contributed by atoms with E-state index in [0.29, 0.717) is 37.8 Å². The highest BCUT2D eigenvalue weighted by molar-refractivity contribution is 5.84. The number of rotatable bonds is 6. The molecule has 0 aromatic carbocycles. The van der Waals surface area contributed by atoms with E-state index in [1.54, 1.807) is 14.0 Å². The van der Waals surface area contributed by atoms with Crippen molar-refractivity contribution in [3.05, 3.63) is 23.4 Å².